The molecule has 0 spiro atoms. The lowest BCUT2D eigenvalue weighted by Crippen LogP contribution is -2.06. The lowest BCUT2D eigenvalue weighted by atomic mass is 10.1. The molecule has 0 fully saturated rings. The third kappa shape index (κ3) is 5.32. The molecule has 7 heteroatoms. The van der Waals surface area contributed by atoms with Crippen LogP contribution in [0.25, 0.3) is 27.9 Å². The maximum atomic E-state index is 5.62. The number of fused-ring (bicyclic) bond motifs is 1. The van der Waals surface area contributed by atoms with Crippen LogP contribution >= 0.6 is 0 Å². The monoisotopic (exact) mass is 450 g/mol. The SMILES string of the molecule is C=C(C)/C=C(\C=C/C)c1ncc(CNc2nccc(-c3cc4cccnc4cn3)n2)cc1OC. The quantitative estimate of drug-likeness (QED) is 0.348. The third-order valence-corrected chi connectivity index (χ3v) is 5.01. The summed E-state index contributed by atoms with van der Waals surface area (Å²) in [7, 11) is 1.64. The third-order valence-electron chi connectivity index (χ3n) is 5.01. The zero-order valence-electron chi connectivity index (χ0n) is 19.5. The Labute approximate surface area is 199 Å². The number of rotatable bonds is 8. The molecule has 0 aliphatic rings. The van der Waals surface area contributed by atoms with E-state index < -0.39 is 0 Å². The molecule has 7 nitrogen and oxygen atoms in total. The first-order chi connectivity index (χ1) is 16.6. The first-order valence-corrected chi connectivity index (χ1v) is 10.9. The van der Waals surface area contributed by atoms with Gasteiger partial charge < -0.3 is 10.1 Å². The van der Waals surface area contributed by atoms with Crippen molar-refractivity contribution in [3.8, 4) is 17.1 Å². The summed E-state index contributed by atoms with van der Waals surface area (Å²) >= 11 is 0. The molecule has 0 aromatic carbocycles. The number of anilines is 1. The predicted molar refractivity (Wildman–Crippen MR) is 136 cm³/mol. The molecule has 4 aromatic heterocycles. The zero-order valence-corrected chi connectivity index (χ0v) is 19.5. The van der Waals surface area contributed by atoms with E-state index in [-0.39, 0.29) is 0 Å². The van der Waals surface area contributed by atoms with Crippen molar-refractivity contribution in [3.05, 3.63) is 96.8 Å². The average Bonchev–Trinajstić information content (AvgIpc) is 2.86. The first kappa shape index (κ1) is 22.8. The molecule has 0 aliphatic carbocycles. The van der Waals surface area contributed by atoms with Crippen LogP contribution in [0.2, 0.25) is 0 Å². The largest absolute Gasteiger partial charge is 0.494 e. The molecule has 34 heavy (non-hydrogen) atoms. The van der Waals surface area contributed by atoms with E-state index in [1.54, 1.807) is 25.7 Å². The van der Waals surface area contributed by atoms with Crippen LogP contribution in [-0.2, 0) is 6.54 Å². The lowest BCUT2D eigenvalue weighted by molar-refractivity contribution is 0.411. The fourth-order valence-electron chi connectivity index (χ4n) is 3.48. The number of allylic oxidation sites excluding steroid dienone is 5. The van der Waals surface area contributed by atoms with Gasteiger partial charge in [-0.15, -0.1) is 0 Å². The molecule has 0 unspecified atom stereocenters. The van der Waals surface area contributed by atoms with E-state index in [1.165, 1.54) is 0 Å². The van der Waals surface area contributed by atoms with Crippen molar-refractivity contribution < 1.29 is 4.74 Å². The number of hydrogen-bond donors (Lipinski definition) is 1. The van der Waals surface area contributed by atoms with E-state index in [0.717, 1.165) is 44.7 Å². The maximum absolute atomic E-state index is 5.62. The van der Waals surface area contributed by atoms with Crippen molar-refractivity contribution in [2.45, 2.75) is 20.4 Å². The van der Waals surface area contributed by atoms with Crippen LogP contribution < -0.4 is 10.1 Å². The minimum atomic E-state index is 0.491. The first-order valence-electron chi connectivity index (χ1n) is 10.9. The Kier molecular flexibility index (Phi) is 7.03. The number of ether oxygens (including phenoxy) is 1. The van der Waals surface area contributed by atoms with Gasteiger partial charge in [-0.2, -0.15) is 0 Å². The number of aromatic nitrogens is 5. The molecule has 0 saturated heterocycles. The Balaban J connectivity index is 1.54. The molecule has 0 bridgehead atoms. The van der Waals surface area contributed by atoms with Gasteiger partial charge in [0.1, 0.15) is 11.4 Å². The Morgan fingerprint density at radius 3 is 2.74 bits per heavy atom. The Bertz CT molecular complexity index is 1390. The molecule has 4 heterocycles. The second kappa shape index (κ2) is 10.5. The normalized spacial score (nSPS) is 11.7. The smallest absolute Gasteiger partial charge is 0.223 e. The van der Waals surface area contributed by atoms with E-state index >= 15 is 0 Å². The second-order valence-electron chi connectivity index (χ2n) is 7.73. The summed E-state index contributed by atoms with van der Waals surface area (Å²) in [6, 6.07) is 9.69. The van der Waals surface area contributed by atoms with Crippen LogP contribution in [0.15, 0.2) is 85.5 Å². The molecule has 0 radical (unpaired) electrons. The van der Waals surface area contributed by atoms with E-state index in [1.807, 2.05) is 68.6 Å². The number of nitrogens with zero attached hydrogens (tertiary/aromatic N) is 5. The van der Waals surface area contributed by atoms with Gasteiger partial charge in [0.2, 0.25) is 5.95 Å². The molecular formula is C27H26N6O. The fourth-order valence-corrected chi connectivity index (χ4v) is 3.48. The standard InChI is InChI=1S/C27H26N6O/c1-5-7-21(12-18(2)3)26-25(34-4)13-19(15-31-26)16-32-27-29-11-9-22(33-27)23-14-20-8-6-10-28-24(20)17-30-23/h5-15,17H,2,16H2,1,3-4H3,(H,29,32,33)/b7-5-,21-12+. The highest BCUT2D eigenvalue weighted by Crippen LogP contribution is 2.27. The van der Waals surface area contributed by atoms with Crippen LogP contribution in [0.3, 0.4) is 0 Å². The lowest BCUT2D eigenvalue weighted by Gasteiger charge is -2.12. The van der Waals surface area contributed by atoms with Gasteiger partial charge in [0.05, 0.1) is 30.2 Å². The Morgan fingerprint density at radius 1 is 1.06 bits per heavy atom. The number of methoxy groups -OCH3 is 1. The van der Waals surface area contributed by atoms with Crippen LogP contribution in [0, 0.1) is 0 Å². The summed E-state index contributed by atoms with van der Waals surface area (Å²) in [5.41, 5.74) is 5.94. The highest BCUT2D eigenvalue weighted by molar-refractivity contribution is 5.81. The summed E-state index contributed by atoms with van der Waals surface area (Å²) in [5.74, 6) is 1.19. The van der Waals surface area contributed by atoms with Crippen molar-refractivity contribution in [1.29, 1.82) is 0 Å². The summed E-state index contributed by atoms with van der Waals surface area (Å²) in [6.07, 6.45) is 13.0. The topological polar surface area (TPSA) is 85.7 Å². The van der Waals surface area contributed by atoms with Gasteiger partial charge >= 0.3 is 0 Å². The minimum absolute atomic E-state index is 0.491. The van der Waals surface area contributed by atoms with Gasteiger partial charge in [-0.3, -0.25) is 15.0 Å². The van der Waals surface area contributed by atoms with Gasteiger partial charge in [-0.05, 0) is 43.7 Å². The average molecular weight is 451 g/mol. The van der Waals surface area contributed by atoms with E-state index in [2.05, 4.69) is 36.8 Å². The molecule has 4 aromatic rings. The predicted octanol–water partition coefficient (Wildman–Crippen LogP) is 5.64. The van der Waals surface area contributed by atoms with E-state index in [4.69, 9.17) is 4.74 Å². The van der Waals surface area contributed by atoms with Crippen molar-refractivity contribution >= 4 is 22.4 Å². The van der Waals surface area contributed by atoms with Crippen molar-refractivity contribution in [2.75, 3.05) is 12.4 Å². The van der Waals surface area contributed by atoms with Gasteiger partial charge in [0, 0.05) is 36.1 Å². The summed E-state index contributed by atoms with van der Waals surface area (Å²) in [4.78, 5) is 22.4. The maximum Gasteiger partial charge on any atom is 0.223 e. The number of pyridine rings is 3. The summed E-state index contributed by atoms with van der Waals surface area (Å²) < 4.78 is 5.62. The van der Waals surface area contributed by atoms with E-state index in [0.29, 0.717) is 18.2 Å². The molecule has 1 N–H and O–H groups in total. The molecular weight excluding hydrogens is 424 g/mol. The van der Waals surface area contributed by atoms with Gasteiger partial charge in [-0.1, -0.05) is 36.4 Å². The van der Waals surface area contributed by atoms with Crippen molar-refractivity contribution in [3.63, 3.8) is 0 Å². The van der Waals surface area contributed by atoms with Crippen LogP contribution in [0.4, 0.5) is 5.95 Å². The van der Waals surface area contributed by atoms with Crippen LogP contribution in [0.5, 0.6) is 5.75 Å². The summed E-state index contributed by atoms with van der Waals surface area (Å²) in [5, 5.41) is 4.28. The molecule has 4 rings (SSSR count). The molecule has 0 aliphatic heterocycles. The van der Waals surface area contributed by atoms with Gasteiger partial charge in [0.25, 0.3) is 0 Å². The zero-order chi connectivity index (χ0) is 23.9. The second-order valence-corrected chi connectivity index (χ2v) is 7.73. The number of nitrogens with one attached hydrogen (secondary N) is 1. The highest BCUT2D eigenvalue weighted by atomic mass is 16.5. The highest BCUT2D eigenvalue weighted by Gasteiger charge is 2.11. The Hall–Kier alpha value is -4.39. The minimum Gasteiger partial charge on any atom is -0.494 e. The fraction of sp³-hybridized carbons (Fsp3) is 0.148. The molecule has 0 amide bonds. The number of hydrogen-bond acceptors (Lipinski definition) is 7. The summed E-state index contributed by atoms with van der Waals surface area (Å²) in [6.45, 7) is 8.38. The van der Waals surface area contributed by atoms with Gasteiger partial charge in [0.15, 0.2) is 0 Å². The van der Waals surface area contributed by atoms with Crippen LogP contribution in [-0.4, -0.2) is 32.0 Å². The van der Waals surface area contributed by atoms with Crippen molar-refractivity contribution in [1.82, 2.24) is 24.9 Å². The molecule has 0 saturated carbocycles. The molecule has 170 valence electrons. The molecule has 0 atom stereocenters. The Morgan fingerprint density at radius 2 is 1.94 bits per heavy atom. The van der Waals surface area contributed by atoms with E-state index in [9.17, 15) is 0 Å². The van der Waals surface area contributed by atoms with Crippen LogP contribution in [0.1, 0.15) is 25.1 Å². The van der Waals surface area contributed by atoms with Crippen molar-refractivity contribution in [2.24, 2.45) is 0 Å². The van der Waals surface area contributed by atoms with Gasteiger partial charge in [-0.25, -0.2) is 9.97 Å².